The lowest BCUT2D eigenvalue weighted by atomic mass is 10.0. The maximum Gasteiger partial charge on any atom is 0.323 e. The first kappa shape index (κ1) is 37.8. The number of sulfonamides is 1. The summed E-state index contributed by atoms with van der Waals surface area (Å²) in [7, 11) is -2.48. The van der Waals surface area contributed by atoms with Crippen LogP contribution in [0.25, 0.3) is 0 Å². The Morgan fingerprint density at radius 1 is 1.08 bits per heavy atom. The Kier molecular flexibility index (Phi) is 12.5. The maximum absolute atomic E-state index is 14.4. The fraction of sp³-hybridized carbons (Fsp3) is 0.576. The van der Waals surface area contributed by atoms with Crippen LogP contribution in [-0.4, -0.2) is 96.6 Å². The van der Waals surface area contributed by atoms with E-state index in [2.05, 4.69) is 20.9 Å². The van der Waals surface area contributed by atoms with E-state index in [4.69, 9.17) is 18.5 Å². The van der Waals surface area contributed by atoms with E-state index in [1.807, 2.05) is 13.8 Å². The fourth-order valence-electron chi connectivity index (χ4n) is 5.75. The van der Waals surface area contributed by atoms with Crippen molar-refractivity contribution >= 4 is 33.3 Å². The zero-order valence-corrected chi connectivity index (χ0v) is 30.2. The van der Waals surface area contributed by atoms with Gasteiger partial charge in [-0.15, -0.1) is 0 Å². The molecule has 0 spiro atoms. The molecule has 2 aromatic heterocycles. The number of anilines is 2. The number of hydrogen-bond acceptors (Lipinski definition) is 11. The summed E-state index contributed by atoms with van der Waals surface area (Å²) in [4.78, 5) is 28.8. The van der Waals surface area contributed by atoms with Crippen LogP contribution in [0.3, 0.4) is 0 Å². The monoisotopic (exact) mass is 704 g/mol. The lowest BCUT2D eigenvalue weighted by Crippen LogP contribution is -2.48. The van der Waals surface area contributed by atoms with Crippen LogP contribution in [0.1, 0.15) is 73.3 Å². The number of fused-ring (bicyclic) bond motifs is 1. The molecule has 1 aliphatic rings. The molecule has 0 saturated carbocycles. The van der Waals surface area contributed by atoms with Crippen molar-refractivity contribution in [3.05, 3.63) is 46.7 Å². The second-order valence-corrected chi connectivity index (χ2v) is 14.7. The Morgan fingerprint density at radius 3 is 2.41 bits per heavy atom. The van der Waals surface area contributed by atoms with Gasteiger partial charge in [0.15, 0.2) is 11.5 Å². The maximum atomic E-state index is 14.4. The van der Waals surface area contributed by atoms with Crippen LogP contribution in [0.4, 0.5) is 16.2 Å². The number of urea groups is 1. The fourth-order valence-corrected chi connectivity index (χ4v) is 7.22. The minimum atomic E-state index is -3.96. The van der Waals surface area contributed by atoms with Gasteiger partial charge >= 0.3 is 6.03 Å². The van der Waals surface area contributed by atoms with Crippen LogP contribution >= 0.6 is 0 Å². The third kappa shape index (κ3) is 8.98. The van der Waals surface area contributed by atoms with Gasteiger partial charge < -0.3 is 39.2 Å². The van der Waals surface area contributed by atoms with Gasteiger partial charge in [0, 0.05) is 38.3 Å². The summed E-state index contributed by atoms with van der Waals surface area (Å²) < 4.78 is 51.2. The van der Waals surface area contributed by atoms with Gasteiger partial charge in [0.25, 0.3) is 5.91 Å². The number of aliphatic hydroxyl groups is 1. The van der Waals surface area contributed by atoms with Gasteiger partial charge in [0.05, 0.1) is 30.4 Å². The van der Waals surface area contributed by atoms with Crippen molar-refractivity contribution in [3.63, 3.8) is 0 Å². The van der Waals surface area contributed by atoms with Crippen LogP contribution in [0.15, 0.2) is 32.1 Å². The van der Waals surface area contributed by atoms with Gasteiger partial charge in [-0.1, -0.05) is 17.2 Å². The Balaban J connectivity index is 1.64. The zero-order valence-electron chi connectivity index (χ0n) is 29.4. The summed E-state index contributed by atoms with van der Waals surface area (Å²) in [5.41, 5.74) is 1.77. The summed E-state index contributed by atoms with van der Waals surface area (Å²) in [5.74, 6) is 0.188. The molecule has 4 rings (SSSR count). The molecule has 0 fully saturated rings. The number of nitrogens with zero attached hydrogens (tertiary/aromatic N) is 4. The summed E-state index contributed by atoms with van der Waals surface area (Å²) in [5, 5.41) is 23.4. The van der Waals surface area contributed by atoms with E-state index < -0.39 is 34.1 Å². The summed E-state index contributed by atoms with van der Waals surface area (Å²) >= 11 is 0. The van der Waals surface area contributed by atoms with Crippen LogP contribution in [0, 0.1) is 33.6 Å². The van der Waals surface area contributed by atoms with Crippen molar-refractivity contribution in [2.75, 3.05) is 44.0 Å². The number of carbonyl (C=O) groups is 2. The quantitative estimate of drug-likeness (QED) is 0.296. The number of hydrogen-bond donors (Lipinski definition) is 3. The Labute approximate surface area is 287 Å². The van der Waals surface area contributed by atoms with E-state index in [9.17, 15) is 23.1 Å². The molecule has 3 N–H and O–H groups in total. The molecule has 0 radical (unpaired) electrons. The molecule has 1 aliphatic heterocycles. The van der Waals surface area contributed by atoms with E-state index in [-0.39, 0.29) is 53.6 Å². The second-order valence-electron chi connectivity index (χ2n) is 12.7. The third-order valence-electron chi connectivity index (χ3n) is 8.65. The van der Waals surface area contributed by atoms with Gasteiger partial charge in [0.1, 0.15) is 27.7 Å². The molecule has 270 valence electrons. The van der Waals surface area contributed by atoms with E-state index in [1.54, 1.807) is 52.8 Å². The van der Waals surface area contributed by atoms with E-state index in [0.29, 0.717) is 48.0 Å². The second kappa shape index (κ2) is 16.1. The topological polar surface area (TPSA) is 190 Å². The van der Waals surface area contributed by atoms with Crippen molar-refractivity contribution in [2.45, 2.75) is 90.9 Å². The average Bonchev–Trinajstić information content (AvgIpc) is 3.56. The number of aliphatic hydroxyl groups excluding tert-OH is 1. The number of likely N-dealkylation sites (N-methyl/N-ethyl adjacent to an activating group) is 1. The minimum Gasteiger partial charge on any atom is -0.490 e. The van der Waals surface area contributed by atoms with Crippen LogP contribution in [0.5, 0.6) is 5.75 Å². The SMILES string of the molecule is Cc1noc(C)c1NC(=O)Nc1ccc2c(c1)C(=O)N([C@@H](C)CO)C[C@H](C)[C@@H](CN(C)S(=O)(=O)c1c(C)noc1C)OCCCC[C@H](C)O2. The Morgan fingerprint density at radius 2 is 1.78 bits per heavy atom. The van der Waals surface area contributed by atoms with Gasteiger partial charge in [-0.05, 0) is 79.0 Å². The number of carbonyl (C=O) groups excluding carboxylic acids is 2. The highest BCUT2D eigenvalue weighted by molar-refractivity contribution is 7.89. The molecule has 3 heterocycles. The van der Waals surface area contributed by atoms with Gasteiger partial charge in [-0.3, -0.25) is 4.79 Å². The number of ether oxygens (including phenoxy) is 2. The average molecular weight is 705 g/mol. The predicted molar refractivity (Wildman–Crippen MR) is 181 cm³/mol. The van der Waals surface area contributed by atoms with Crippen LogP contribution in [-0.2, 0) is 14.8 Å². The van der Waals surface area contributed by atoms with Crippen molar-refractivity contribution < 1.29 is 41.6 Å². The van der Waals surface area contributed by atoms with E-state index in [1.165, 1.54) is 16.3 Å². The number of nitrogens with one attached hydrogen (secondary N) is 2. The Bertz CT molecular complexity index is 1680. The summed E-state index contributed by atoms with van der Waals surface area (Å²) in [6.07, 6.45) is 1.31. The highest BCUT2D eigenvalue weighted by Gasteiger charge is 2.34. The highest BCUT2D eigenvalue weighted by Crippen LogP contribution is 2.30. The molecule has 3 amide bonds. The highest BCUT2D eigenvalue weighted by atomic mass is 32.2. The molecule has 0 saturated heterocycles. The summed E-state index contributed by atoms with van der Waals surface area (Å²) in [6.45, 7) is 12.2. The first-order valence-corrected chi connectivity index (χ1v) is 17.8. The molecule has 0 aliphatic carbocycles. The first-order chi connectivity index (χ1) is 23.1. The molecule has 3 aromatic rings. The van der Waals surface area contributed by atoms with E-state index >= 15 is 0 Å². The molecular formula is C33H48N6O9S. The van der Waals surface area contributed by atoms with Crippen molar-refractivity contribution in [2.24, 2.45) is 5.92 Å². The van der Waals surface area contributed by atoms with Crippen molar-refractivity contribution in [3.8, 4) is 5.75 Å². The number of amides is 3. The molecule has 0 bridgehead atoms. The third-order valence-corrected chi connectivity index (χ3v) is 10.7. The number of rotatable bonds is 8. The number of aromatic nitrogens is 2. The molecular weight excluding hydrogens is 656 g/mol. The predicted octanol–water partition coefficient (Wildman–Crippen LogP) is 4.66. The van der Waals surface area contributed by atoms with Crippen molar-refractivity contribution in [1.29, 1.82) is 0 Å². The van der Waals surface area contributed by atoms with Crippen LogP contribution < -0.4 is 15.4 Å². The van der Waals surface area contributed by atoms with Crippen molar-refractivity contribution in [1.82, 2.24) is 19.5 Å². The largest absolute Gasteiger partial charge is 0.490 e. The molecule has 4 atom stereocenters. The van der Waals surface area contributed by atoms with Gasteiger partial charge in [-0.2, -0.15) is 4.31 Å². The number of benzene rings is 1. The van der Waals surface area contributed by atoms with Gasteiger partial charge in [-0.25, -0.2) is 13.2 Å². The van der Waals surface area contributed by atoms with E-state index in [0.717, 1.165) is 6.42 Å². The minimum absolute atomic E-state index is 0.00745. The van der Waals surface area contributed by atoms with Crippen LogP contribution in [0.2, 0.25) is 0 Å². The van der Waals surface area contributed by atoms with Gasteiger partial charge in [0.2, 0.25) is 10.0 Å². The lowest BCUT2D eigenvalue weighted by molar-refractivity contribution is -0.00835. The Hall–Kier alpha value is -3.99. The summed E-state index contributed by atoms with van der Waals surface area (Å²) in [6, 6.07) is 3.67. The molecule has 0 unspecified atom stereocenters. The first-order valence-electron chi connectivity index (χ1n) is 16.4. The normalized spacial score (nSPS) is 20.3. The molecule has 15 nitrogen and oxygen atoms in total. The molecule has 1 aromatic carbocycles. The smallest absolute Gasteiger partial charge is 0.323 e. The molecule has 49 heavy (non-hydrogen) atoms. The standard InChI is InChI=1S/C33H48N6O9S/c1-19-16-39(20(2)18-40)32(41)27-15-26(34-33(42)35-30-22(4)36-47-24(30)6)12-13-28(27)46-21(3)11-9-10-14-45-29(19)17-38(8)49(43,44)31-23(5)37-48-25(31)7/h12-13,15,19-21,29,40H,9-11,14,16-18H2,1-8H3,(H2,34,35,42)/t19-,20-,21-,29+/m0/s1. The lowest BCUT2D eigenvalue weighted by Gasteiger charge is -2.35. The molecule has 16 heteroatoms. The number of aryl methyl sites for hydroxylation is 4. The zero-order chi connectivity index (χ0) is 36.0.